The van der Waals surface area contributed by atoms with E-state index in [0.717, 1.165) is 27.8 Å². The average Bonchev–Trinajstić information content (AvgIpc) is 3.21. The first kappa shape index (κ1) is 16.4. The molecule has 1 saturated carbocycles. The van der Waals surface area contributed by atoms with Gasteiger partial charge in [0.2, 0.25) is 0 Å². The summed E-state index contributed by atoms with van der Waals surface area (Å²) in [6, 6.07) is 6.17. The molecule has 1 aliphatic carbocycles. The molecule has 6 heteroatoms. The van der Waals surface area contributed by atoms with Crippen LogP contribution in [0.2, 0.25) is 0 Å². The number of hydrogen-bond donors (Lipinski definition) is 1. The van der Waals surface area contributed by atoms with Crippen LogP contribution in [0.15, 0.2) is 27.6 Å². The molecule has 0 radical (unpaired) electrons. The SMILES string of the molecule is Cc1cc(Br)ccc1SCC(=O)O[C@H](C)C(=O)NC1CC1. The second-order valence-corrected chi connectivity index (χ2v) is 7.05. The van der Waals surface area contributed by atoms with E-state index in [2.05, 4.69) is 21.2 Å². The highest BCUT2D eigenvalue weighted by Crippen LogP contribution is 2.25. The van der Waals surface area contributed by atoms with Crippen molar-refractivity contribution in [1.82, 2.24) is 5.32 Å². The van der Waals surface area contributed by atoms with Gasteiger partial charge in [0.1, 0.15) is 0 Å². The Morgan fingerprint density at radius 2 is 2.19 bits per heavy atom. The van der Waals surface area contributed by atoms with Gasteiger partial charge >= 0.3 is 5.97 Å². The molecular formula is C15H18BrNO3S. The molecule has 1 atom stereocenters. The molecule has 4 nitrogen and oxygen atoms in total. The second kappa shape index (κ2) is 7.31. The molecule has 1 aromatic carbocycles. The highest BCUT2D eigenvalue weighted by Gasteiger charge is 2.27. The summed E-state index contributed by atoms with van der Waals surface area (Å²) in [6.07, 6.45) is 1.31. The minimum Gasteiger partial charge on any atom is -0.452 e. The van der Waals surface area contributed by atoms with Crippen molar-refractivity contribution in [1.29, 1.82) is 0 Å². The summed E-state index contributed by atoms with van der Waals surface area (Å²) >= 11 is 4.82. The van der Waals surface area contributed by atoms with E-state index in [4.69, 9.17) is 4.74 Å². The van der Waals surface area contributed by atoms with Gasteiger partial charge in [0, 0.05) is 15.4 Å². The summed E-state index contributed by atoms with van der Waals surface area (Å²) in [5.74, 6) is -0.389. The van der Waals surface area contributed by atoms with E-state index >= 15 is 0 Å². The van der Waals surface area contributed by atoms with E-state index in [1.807, 2.05) is 25.1 Å². The van der Waals surface area contributed by atoms with Gasteiger partial charge in [0.05, 0.1) is 5.75 Å². The number of carbonyl (C=O) groups is 2. The minimum atomic E-state index is -0.732. The Morgan fingerprint density at radius 3 is 2.81 bits per heavy atom. The summed E-state index contributed by atoms with van der Waals surface area (Å²) < 4.78 is 6.16. The lowest BCUT2D eigenvalue weighted by atomic mass is 10.2. The summed E-state index contributed by atoms with van der Waals surface area (Å²) in [7, 11) is 0. The Morgan fingerprint density at radius 1 is 1.48 bits per heavy atom. The quantitative estimate of drug-likeness (QED) is 0.616. The van der Waals surface area contributed by atoms with Crippen molar-refractivity contribution in [3.63, 3.8) is 0 Å². The lowest BCUT2D eigenvalue weighted by Gasteiger charge is -2.13. The largest absolute Gasteiger partial charge is 0.452 e. The zero-order valence-electron chi connectivity index (χ0n) is 12.0. The number of carbonyl (C=O) groups excluding carboxylic acids is 2. The predicted molar refractivity (Wildman–Crippen MR) is 86.3 cm³/mol. The highest BCUT2D eigenvalue weighted by atomic mass is 79.9. The monoisotopic (exact) mass is 371 g/mol. The van der Waals surface area contributed by atoms with Crippen LogP contribution in [0, 0.1) is 6.92 Å². The fourth-order valence-corrected chi connectivity index (χ4v) is 3.01. The number of aryl methyl sites for hydroxylation is 1. The van der Waals surface area contributed by atoms with Crippen LogP contribution >= 0.6 is 27.7 Å². The van der Waals surface area contributed by atoms with Gasteiger partial charge in [-0.3, -0.25) is 9.59 Å². The Bertz CT molecular complexity index is 546. The molecule has 0 aromatic heterocycles. The molecule has 1 aromatic rings. The van der Waals surface area contributed by atoms with E-state index in [-0.39, 0.29) is 23.7 Å². The lowest BCUT2D eigenvalue weighted by Crippen LogP contribution is -2.37. The van der Waals surface area contributed by atoms with Crippen molar-refractivity contribution in [3.05, 3.63) is 28.2 Å². The molecule has 1 fully saturated rings. The standard InChI is InChI=1S/C15H18BrNO3S/c1-9-7-11(16)3-6-13(9)21-8-14(18)20-10(2)15(19)17-12-4-5-12/h3,6-7,10,12H,4-5,8H2,1-2H3,(H,17,19)/t10-/m1/s1. The third-order valence-corrected chi connectivity index (χ3v) is 4.73. The van der Waals surface area contributed by atoms with Gasteiger partial charge in [-0.1, -0.05) is 15.9 Å². The fourth-order valence-electron chi connectivity index (χ4n) is 1.74. The molecule has 0 aliphatic heterocycles. The van der Waals surface area contributed by atoms with Crippen molar-refractivity contribution in [2.45, 2.75) is 43.7 Å². The molecule has 1 aliphatic rings. The number of nitrogens with one attached hydrogen (secondary N) is 1. The Labute approximate surface area is 137 Å². The maximum absolute atomic E-state index is 11.8. The smallest absolute Gasteiger partial charge is 0.317 e. The zero-order chi connectivity index (χ0) is 15.4. The highest BCUT2D eigenvalue weighted by molar-refractivity contribution is 9.10. The zero-order valence-corrected chi connectivity index (χ0v) is 14.4. The van der Waals surface area contributed by atoms with Gasteiger partial charge in [-0.05, 0) is 50.5 Å². The summed E-state index contributed by atoms with van der Waals surface area (Å²) in [4.78, 5) is 24.5. The van der Waals surface area contributed by atoms with Crippen LogP contribution < -0.4 is 5.32 Å². The number of thioether (sulfide) groups is 1. The molecule has 0 spiro atoms. The lowest BCUT2D eigenvalue weighted by molar-refractivity contribution is -0.152. The summed E-state index contributed by atoms with van der Waals surface area (Å²) in [5.41, 5.74) is 1.10. The topological polar surface area (TPSA) is 55.4 Å². The van der Waals surface area contributed by atoms with Crippen LogP contribution in [-0.4, -0.2) is 29.8 Å². The van der Waals surface area contributed by atoms with Crippen LogP contribution in [0.25, 0.3) is 0 Å². The molecule has 1 amide bonds. The van der Waals surface area contributed by atoms with Crippen molar-refractivity contribution in [2.75, 3.05) is 5.75 Å². The first-order chi connectivity index (χ1) is 9.95. The fraction of sp³-hybridized carbons (Fsp3) is 0.467. The third kappa shape index (κ3) is 5.36. The molecule has 0 unspecified atom stereocenters. The molecule has 114 valence electrons. The van der Waals surface area contributed by atoms with Gasteiger partial charge in [0.25, 0.3) is 5.91 Å². The molecule has 0 heterocycles. The molecule has 0 bridgehead atoms. The number of amides is 1. The van der Waals surface area contributed by atoms with Crippen molar-refractivity contribution >= 4 is 39.6 Å². The maximum Gasteiger partial charge on any atom is 0.317 e. The van der Waals surface area contributed by atoms with Crippen LogP contribution in [0.5, 0.6) is 0 Å². The van der Waals surface area contributed by atoms with E-state index in [0.29, 0.717) is 0 Å². The van der Waals surface area contributed by atoms with Gasteiger partial charge in [-0.15, -0.1) is 11.8 Å². The second-order valence-electron chi connectivity index (χ2n) is 5.11. The summed E-state index contributed by atoms with van der Waals surface area (Å²) in [5, 5.41) is 2.82. The van der Waals surface area contributed by atoms with Crippen LogP contribution in [0.3, 0.4) is 0 Å². The van der Waals surface area contributed by atoms with Gasteiger partial charge < -0.3 is 10.1 Å². The number of hydrogen-bond acceptors (Lipinski definition) is 4. The average molecular weight is 372 g/mol. The normalized spacial score (nSPS) is 15.4. The van der Waals surface area contributed by atoms with E-state index in [1.54, 1.807) is 6.92 Å². The van der Waals surface area contributed by atoms with Crippen LogP contribution in [-0.2, 0) is 14.3 Å². The van der Waals surface area contributed by atoms with Crippen molar-refractivity contribution in [2.24, 2.45) is 0 Å². The van der Waals surface area contributed by atoms with Gasteiger partial charge in [-0.2, -0.15) is 0 Å². The summed E-state index contributed by atoms with van der Waals surface area (Å²) in [6.45, 7) is 3.59. The van der Waals surface area contributed by atoms with Gasteiger partial charge in [-0.25, -0.2) is 0 Å². The molecule has 21 heavy (non-hydrogen) atoms. The van der Waals surface area contributed by atoms with Crippen LogP contribution in [0.1, 0.15) is 25.3 Å². The van der Waals surface area contributed by atoms with Crippen molar-refractivity contribution in [3.8, 4) is 0 Å². The van der Waals surface area contributed by atoms with Gasteiger partial charge in [0.15, 0.2) is 6.10 Å². The van der Waals surface area contributed by atoms with Crippen molar-refractivity contribution < 1.29 is 14.3 Å². The Kier molecular flexibility index (Phi) is 5.70. The number of ether oxygens (including phenoxy) is 1. The number of rotatable bonds is 6. The van der Waals surface area contributed by atoms with E-state index < -0.39 is 6.10 Å². The number of benzene rings is 1. The number of halogens is 1. The maximum atomic E-state index is 11.8. The third-order valence-electron chi connectivity index (χ3n) is 3.08. The Balaban J connectivity index is 1.77. The predicted octanol–water partition coefficient (Wildman–Crippen LogP) is 3.06. The molecular weight excluding hydrogens is 354 g/mol. The van der Waals surface area contributed by atoms with Crippen LogP contribution in [0.4, 0.5) is 0 Å². The van der Waals surface area contributed by atoms with E-state index in [1.165, 1.54) is 11.8 Å². The number of esters is 1. The van der Waals surface area contributed by atoms with E-state index in [9.17, 15) is 9.59 Å². The molecule has 2 rings (SSSR count). The first-order valence-electron chi connectivity index (χ1n) is 6.84. The minimum absolute atomic E-state index is 0.198. The molecule has 0 saturated heterocycles. The first-order valence-corrected chi connectivity index (χ1v) is 8.62. The Hall–Kier alpha value is -1.01. The molecule has 1 N–H and O–H groups in total.